The van der Waals surface area contributed by atoms with Crippen molar-refractivity contribution in [2.45, 2.75) is 58.8 Å². The first kappa shape index (κ1) is 23.4. The molecule has 168 valence electrons. The van der Waals surface area contributed by atoms with E-state index in [1.165, 1.54) is 0 Å². The van der Waals surface area contributed by atoms with Crippen LogP contribution in [0.5, 0.6) is 5.75 Å². The van der Waals surface area contributed by atoms with Gasteiger partial charge in [0, 0.05) is 13.1 Å². The van der Waals surface area contributed by atoms with Crippen LogP contribution in [0.1, 0.15) is 56.4 Å². The smallest absolute Gasteiger partial charge is 0.410 e. The molecule has 0 aromatic heterocycles. The lowest BCUT2D eigenvalue weighted by molar-refractivity contribution is 0.00765. The first-order valence-corrected chi connectivity index (χ1v) is 11.1. The normalized spacial score (nSPS) is 16.1. The minimum absolute atomic E-state index is 0.0985. The van der Waals surface area contributed by atoms with E-state index in [1.807, 2.05) is 70.2 Å². The molecule has 1 saturated heterocycles. The summed E-state index contributed by atoms with van der Waals surface area (Å²) in [6.07, 6.45) is 0.610. The van der Waals surface area contributed by atoms with Crippen molar-refractivity contribution in [3.05, 3.63) is 64.2 Å². The Morgan fingerprint density at radius 2 is 1.90 bits per heavy atom. The first-order chi connectivity index (χ1) is 14.6. The van der Waals surface area contributed by atoms with Crippen LogP contribution in [0.3, 0.4) is 0 Å². The lowest BCUT2D eigenvalue weighted by Gasteiger charge is -2.35. The summed E-state index contributed by atoms with van der Waals surface area (Å²) in [6, 6.07) is 13.5. The number of nitrogens with zero attached hydrogens (tertiary/aromatic N) is 1. The third kappa shape index (κ3) is 6.62. The number of halogens is 1. The number of amides is 1. The summed E-state index contributed by atoms with van der Waals surface area (Å²) in [5.74, 6) is 0.745. The minimum Gasteiger partial charge on any atom is -0.487 e. The Morgan fingerprint density at radius 3 is 2.55 bits per heavy atom. The van der Waals surface area contributed by atoms with Crippen molar-refractivity contribution in [3.63, 3.8) is 0 Å². The fraction of sp³-hybridized carbons (Fsp3) is 0.480. The molecule has 1 fully saturated rings. The summed E-state index contributed by atoms with van der Waals surface area (Å²) in [5, 5.41) is 11.5. The molecule has 0 aliphatic carbocycles. The van der Waals surface area contributed by atoms with Crippen molar-refractivity contribution in [1.82, 2.24) is 4.90 Å². The Balaban J connectivity index is 1.56. The fourth-order valence-electron chi connectivity index (χ4n) is 3.75. The topological polar surface area (TPSA) is 59.0 Å². The number of likely N-dealkylation sites (tertiary alicyclic amines) is 1. The van der Waals surface area contributed by atoms with Gasteiger partial charge in [-0.15, -0.1) is 0 Å². The van der Waals surface area contributed by atoms with Crippen LogP contribution in [0.25, 0.3) is 0 Å². The molecule has 3 rings (SSSR count). The standard InChI is InChI=1S/C25H32ClNO4/c1-17-8-9-22(21(26)14-17)30-16-18-6-5-7-20(15-18)23(28)19-10-12-27(13-11-19)24(29)31-25(2,3)4/h5-9,14-15,19,23,28H,10-13,16H2,1-4H3. The van der Waals surface area contributed by atoms with Crippen LogP contribution in [0.15, 0.2) is 42.5 Å². The third-order valence-electron chi connectivity index (χ3n) is 5.41. The first-order valence-electron chi connectivity index (χ1n) is 10.8. The quantitative estimate of drug-likeness (QED) is 0.621. The molecule has 1 N–H and O–H groups in total. The number of aliphatic hydroxyl groups excluding tert-OH is 1. The molecule has 6 heteroatoms. The Hall–Kier alpha value is -2.24. The van der Waals surface area contributed by atoms with Gasteiger partial charge in [-0.1, -0.05) is 35.9 Å². The predicted molar refractivity (Wildman–Crippen MR) is 122 cm³/mol. The molecular weight excluding hydrogens is 414 g/mol. The highest BCUT2D eigenvalue weighted by molar-refractivity contribution is 6.32. The van der Waals surface area contributed by atoms with E-state index in [1.54, 1.807) is 4.90 Å². The number of carbonyl (C=O) groups excluding carboxylic acids is 1. The van der Waals surface area contributed by atoms with Gasteiger partial charge < -0.3 is 19.5 Å². The number of benzene rings is 2. The van der Waals surface area contributed by atoms with Gasteiger partial charge in [-0.2, -0.15) is 0 Å². The van der Waals surface area contributed by atoms with Gasteiger partial charge in [-0.05, 0) is 81.3 Å². The number of hydrogen-bond acceptors (Lipinski definition) is 4. The number of piperidine rings is 1. The molecule has 5 nitrogen and oxygen atoms in total. The summed E-state index contributed by atoms with van der Waals surface area (Å²) in [4.78, 5) is 14.0. The van der Waals surface area contributed by atoms with Crippen LogP contribution >= 0.6 is 11.6 Å². The summed E-state index contributed by atoms with van der Waals surface area (Å²) in [5.41, 5.74) is 2.42. The number of hydrogen-bond donors (Lipinski definition) is 1. The number of rotatable bonds is 5. The summed E-state index contributed by atoms with van der Waals surface area (Å²) < 4.78 is 11.3. The number of aliphatic hydroxyl groups is 1. The monoisotopic (exact) mass is 445 g/mol. The van der Waals surface area contributed by atoms with Gasteiger partial charge in [0.05, 0.1) is 11.1 Å². The lowest BCUT2D eigenvalue weighted by Crippen LogP contribution is -2.42. The van der Waals surface area contributed by atoms with Gasteiger partial charge >= 0.3 is 6.09 Å². The molecule has 0 bridgehead atoms. The molecule has 0 spiro atoms. The minimum atomic E-state index is -0.580. The Labute approximate surface area is 189 Å². The van der Waals surface area contributed by atoms with Crippen molar-refractivity contribution in [1.29, 1.82) is 0 Å². The Bertz CT molecular complexity index is 901. The highest BCUT2D eigenvalue weighted by atomic mass is 35.5. The maximum absolute atomic E-state index is 12.3. The highest BCUT2D eigenvalue weighted by Crippen LogP contribution is 2.32. The zero-order valence-electron chi connectivity index (χ0n) is 18.7. The van der Waals surface area contributed by atoms with E-state index in [9.17, 15) is 9.90 Å². The molecule has 1 atom stereocenters. The molecule has 1 heterocycles. The maximum Gasteiger partial charge on any atom is 0.410 e. The summed E-state index contributed by atoms with van der Waals surface area (Å²) in [7, 11) is 0. The van der Waals surface area contributed by atoms with E-state index < -0.39 is 11.7 Å². The van der Waals surface area contributed by atoms with E-state index in [2.05, 4.69) is 0 Å². The highest BCUT2D eigenvalue weighted by Gasteiger charge is 2.30. The lowest BCUT2D eigenvalue weighted by atomic mass is 9.87. The van der Waals surface area contributed by atoms with Crippen molar-refractivity contribution in [2.75, 3.05) is 13.1 Å². The zero-order chi connectivity index (χ0) is 22.6. The van der Waals surface area contributed by atoms with Crippen LogP contribution < -0.4 is 4.74 Å². The summed E-state index contributed by atoms with van der Waals surface area (Å²) >= 11 is 6.25. The second-order valence-corrected chi connectivity index (χ2v) is 9.62. The molecule has 1 amide bonds. The van der Waals surface area contributed by atoms with E-state index in [0.717, 1.165) is 29.5 Å². The largest absolute Gasteiger partial charge is 0.487 e. The van der Waals surface area contributed by atoms with Crippen LogP contribution in [0.4, 0.5) is 4.79 Å². The number of aryl methyl sites for hydroxylation is 1. The Morgan fingerprint density at radius 1 is 1.19 bits per heavy atom. The second kappa shape index (κ2) is 9.92. The van der Waals surface area contributed by atoms with E-state index in [-0.39, 0.29) is 12.0 Å². The van der Waals surface area contributed by atoms with Gasteiger partial charge in [-0.25, -0.2) is 4.79 Å². The van der Waals surface area contributed by atoms with Gasteiger partial charge in [0.1, 0.15) is 18.0 Å². The number of carbonyl (C=O) groups is 1. The SMILES string of the molecule is Cc1ccc(OCc2cccc(C(O)C3CCN(C(=O)OC(C)(C)C)CC3)c2)c(Cl)c1. The van der Waals surface area contributed by atoms with Crippen molar-refractivity contribution >= 4 is 17.7 Å². The molecule has 0 saturated carbocycles. The predicted octanol–water partition coefficient (Wildman–Crippen LogP) is 5.91. The van der Waals surface area contributed by atoms with Gasteiger partial charge in [0.15, 0.2) is 0 Å². The van der Waals surface area contributed by atoms with Crippen LogP contribution in [0, 0.1) is 12.8 Å². The molecule has 2 aromatic carbocycles. The van der Waals surface area contributed by atoms with Gasteiger partial charge in [0.25, 0.3) is 0 Å². The third-order valence-corrected chi connectivity index (χ3v) is 5.71. The van der Waals surface area contributed by atoms with Crippen LogP contribution in [-0.2, 0) is 11.3 Å². The molecular formula is C25H32ClNO4. The van der Waals surface area contributed by atoms with Gasteiger partial charge in [-0.3, -0.25) is 0 Å². The van der Waals surface area contributed by atoms with Crippen LogP contribution in [-0.4, -0.2) is 34.8 Å². The van der Waals surface area contributed by atoms with E-state index in [4.69, 9.17) is 21.1 Å². The van der Waals surface area contributed by atoms with Crippen molar-refractivity contribution in [2.24, 2.45) is 5.92 Å². The average molecular weight is 446 g/mol. The van der Waals surface area contributed by atoms with Crippen molar-refractivity contribution in [3.8, 4) is 5.75 Å². The maximum atomic E-state index is 12.3. The van der Waals surface area contributed by atoms with Crippen molar-refractivity contribution < 1.29 is 19.4 Å². The van der Waals surface area contributed by atoms with Crippen LogP contribution in [0.2, 0.25) is 5.02 Å². The van der Waals surface area contributed by atoms with E-state index >= 15 is 0 Å². The summed E-state index contributed by atoms with van der Waals surface area (Å²) in [6.45, 7) is 9.14. The molecule has 0 radical (unpaired) electrons. The molecule has 1 aliphatic rings. The van der Waals surface area contributed by atoms with E-state index in [0.29, 0.717) is 30.5 Å². The average Bonchev–Trinajstić information content (AvgIpc) is 2.72. The molecule has 1 unspecified atom stereocenters. The Kier molecular flexibility index (Phi) is 7.50. The second-order valence-electron chi connectivity index (χ2n) is 9.22. The molecule has 2 aromatic rings. The zero-order valence-corrected chi connectivity index (χ0v) is 19.5. The fourth-order valence-corrected chi connectivity index (χ4v) is 4.04. The molecule has 1 aliphatic heterocycles. The molecule has 31 heavy (non-hydrogen) atoms. The number of ether oxygens (including phenoxy) is 2. The van der Waals surface area contributed by atoms with Gasteiger partial charge in [0.2, 0.25) is 0 Å².